The smallest absolute Gasteiger partial charge is 0.274 e. The molecule has 0 bridgehead atoms. The second-order valence-electron chi connectivity index (χ2n) is 5.06. The van der Waals surface area contributed by atoms with Crippen molar-refractivity contribution in [1.82, 2.24) is 10.2 Å². The number of aromatic amines is 1. The number of nitrogens with zero attached hydrogens (tertiary/aromatic N) is 1. The van der Waals surface area contributed by atoms with E-state index < -0.39 is 27.5 Å². The number of carbonyl (C=O) groups excluding carboxylic acids is 2. The number of nitrogens with two attached hydrogens (primary N) is 1. The lowest BCUT2D eigenvalue weighted by atomic mass is 10.3. The third-order valence-electron chi connectivity index (χ3n) is 3.32. The Bertz CT molecular complexity index is 1090. The molecule has 4 N–H and O–H groups in total. The van der Waals surface area contributed by atoms with E-state index in [1.54, 1.807) is 0 Å². The second-order valence-corrected chi connectivity index (χ2v) is 8.29. The van der Waals surface area contributed by atoms with Crippen LogP contribution in [0.2, 0.25) is 0 Å². The molecule has 26 heavy (non-hydrogen) atoms. The van der Waals surface area contributed by atoms with E-state index in [1.165, 1.54) is 24.4 Å². The summed E-state index contributed by atoms with van der Waals surface area (Å²) in [6.07, 6.45) is 1.36. The second kappa shape index (κ2) is 6.69. The zero-order valence-corrected chi connectivity index (χ0v) is 14.5. The molecular weight excluding hydrogens is 383 g/mol. The average molecular weight is 394 g/mol. The van der Waals surface area contributed by atoms with Crippen LogP contribution in [-0.2, 0) is 9.84 Å². The Morgan fingerprint density at radius 1 is 1.23 bits per heavy atom. The molecule has 0 unspecified atom stereocenters. The molecule has 0 saturated heterocycles. The van der Waals surface area contributed by atoms with Crippen LogP contribution in [0.3, 0.4) is 0 Å². The standard InChI is InChI=1S/C15H11FN4O4S2/c16-8-2-1-3-9(6-8)26(23,24)12-7-10(13(17)21)15(25-12)19-14(22)11-4-5-18-20-11/h1-7H,(H2,17,21)(H,18,20)(H,19,22). The number of anilines is 1. The van der Waals surface area contributed by atoms with Gasteiger partial charge in [-0.1, -0.05) is 6.07 Å². The summed E-state index contributed by atoms with van der Waals surface area (Å²) < 4.78 is 38.4. The Balaban J connectivity index is 2.02. The molecular formula is C15H11FN4O4S2. The average Bonchev–Trinajstić information content (AvgIpc) is 3.24. The highest BCUT2D eigenvalue weighted by molar-refractivity contribution is 7.93. The monoisotopic (exact) mass is 394 g/mol. The molecule has 0 atom stereocenters. The Labute approximate surface area is 150 Å². The number of aromatic nitrogens is 2. The van der Waals surface area contributed by atoms with E-state index >= 15 is 0 Å². The number of halogens is 1. The topological polar surface area (TPSA) is 135 Å². The molecule has 0 saturated carbocycles. The summed E-state index contributed by atoms with van der Waals surface area (Å²) in [6, 6.07) is 6.91. The molecule has 134 valence electrons. The number of carbonyl (C=O) groups is 2. The van der Waals surface area contributed by atoms with Gasteiger partial charge in [-0.3, -0.25) is 14.7 Å². The number of hydrogen-bond acceptors (Lipinski definition) is 6. The first kappa shape index (κ1) is 17.8. The van der Waals surface area contributed by atoms with Gasteiger partial charge in [0.25, 0.3) is 11.8 Å². The van der Waals surface area contributed by atoms with Crippen LogP contribution in [0.25, 0.3) is 0 Å². The molecule has 3 aromatic rings. The Kier molecular flexibility index (Phi) is 4.57. The molecule has 8 nitrogen and oxygen atoms in total. The van der Waals surface area contributed by atoms with Gasteiger partial charge >= 0.3 is 0 Å². The van der Waals surface area contributed by atoms with Gasteiger partial charge in [-0.15, -0.1) is 11.3 Å². The van der Waals surface area contributed by atoms with Crippen molar-refractivity contribution in [2.24, 2.45) is 5.73 Å². The van der Waals surface area contributed by atoms with Crippen LogP contribution >= 0.6 is 11.3 Å². The number of thiophene rings is 1. The normalized spacial score (nSPS) is 11.3. The van der Waals surface area contributed by atoms with Crippen LogP contribution in [0.4, 0.5) is 9.39 Å². The third-order valence-corrected chi connectivity index (χ3v) is 6.59. The van der Waals surface area contributed by atoms with Crippen LogP contribution in [0.5, 0.6) is 0 Å². The first-order valence-electron chi connectivity index (χ1n) is 7.04. The lowest BCUT2D eigenvalue weighted by molar-refractivity contribution is 0.100. The van der Waals surface area contributed by atoms with Crippen LogP contribution in [-0.4, -0.2) is 30.4 Å². The summed E-state index contributed by atoms with van der Waals surface area (Å²) >= 11 is 0.644. The lowest BCUT2D eigenvalue weighted by Crippen LogP contribution is -2.16. The first-order chi connectivity index (χ1) is 12.3. The van der Waals surface area contributed by atoms with Crippen LogP contribution in [0, 0.1) is 5.82 Å². The molecule has 3 rings (SSSR count). The SMILES string of the molecule is NC(=O)c1cc(S(=O)(=O)c2cccc(F)c2)sc1NC(=O)c1ccn[nH]1. The number of hydrogen-bond donors (Lipinski definition) is 3. The zero-order valence-electron chi connectivity index (χ0n) is 12.9. The highest BCUT2D eigenvalue weighted by Gasteiger charge is 2.26. The Hall–Kier alpha value is -3.05. The predicted molar refractivity (Wildman–Crippen MR) is 91.2 cm³/mol. The molecule has 2 aromatic heterocycles. The predicted octanol–water partition coefficient (Wildman–Crippen LogP) is 1.79. The summed E-state index contributed by atoms with van der Waals surface area (Å²) in [7, 11) is -4.09. The van der Waals surface area contributed by atoms with Gasteiger partial charge < -0.3 is 11.1 Å². The van der Waals surface area contributed by atoms with Gasteiger partial charge in [0.2, 0.25) is 9.84 Å². The first-order valence-corrected chi connectivity index (χ1v) is 9.34. The fourth-order valence-electron chi connectivity index (χ4n) is 2.08. The van der Waals surface area contributed by atoms with E-state index in [0.29, 0.717) is 11.3 Å². The minimum Gasteiger partial charge on any atom is -0.366 e. The summed E-state index contributed by atoms with van der Waals surface area (Å²) in [5, 5.41) is 8.45. The fraction of sp³-hybridized carbons (Fsp3) is 0. The lowest BCUT2D eigenvalue weighted by Gasteiger charge is -2.02. The van der Waals surface area contributed by atoms with Crippen molar-refractivity contribution >= 4 is 38.0 Å². The van der Waals surface area contributed by atoms with E-state index in [4.69, 9.17) is 5.73 Å². The minimum atomic E-state index is -4.09. The van der Waals surface area contributed by atoms with E-state index in [2.05, 4.69) is 15.5 Å². The van der Waals surface area contributed by atoms with Gasteiger partial charge in [0.05, 0.1) is 10.5 Å². The Morgan fingerprint density at radius 2 is 2.00 bits per heavy atom. The van der Waals surface area contributed by atoms with Crippen molar-refractivity contribution in [2.45, 2.75) is 9.10 Å². The number of rotatable bonds is 5. The van der Waals surface area contributed by atoms with Gasteiger partial charge in [0.15, 0.2) is 0 Å². The van der Waals surface area contributed by atoms with Gasteiger partial charge in [-0.2, -0.15) is 5.10 Å². The molecule has 0 aliphatic rings. The quantitative estimate of drug-likeness (QED) is 0.606. The highest BCUT2D eigenvalue weighted by atomic mass is 32.2. The molecule has 0 radical (unpaired) electrons. The van der Waals surface area contributed by atoms with Gasteiger partial charge in [0.1, 0.15) is 20.7 Å². The fourth-order valence-corrected chi connectivity index (χ4v) is 4.88. The number of H-pyrrole nitrogens is 1. The summed E-state index contributed by atoms with van der Waals surface area (Å²) in [6.45, 7) is 0. The largest absolute Gasteiger partial charge is 0.366 e. The van der Waals surface area contributed by atoms with Crippen LogP contribution < -0.4 is 11.1 Å². The Morgan fingerprint density at radius 3 is 2.62 bits per heavy atom. The summed E-state index contributed by atoms with van der Waals surface area (Å²) in [5.74, 6) is -2.26. The number of primary amides is 1. The maximum Gasteiger partial charge on any atom is 0.274 e. The van der Waals surface area contributed by atoms with Gasteiger partial charge in [-0.25, -0.2) is 12.8 Å². The van der Waals surface area contributed by atoms with Crippen molar-refractivity contribution in [3.63, 3.8) is 0 Å². The minimum absolute atomic E-state index is 0.0351. The van der Waals surface area contributed by atoms with Gasteiger partial charge in [-0.05, 0) is 30.3 Å². The molecule has 0 aliphatic heterocycles. The molecule has 11 heteroatoms. The van der Waals surface area contributed by atoms with E-state index in [1.807, 2.05) is 0 Å². The van der Waals surface area contributed by atoms with E-state index in [9.17, 15) is 22.4 Å². The third kappa shape index (κ3) is 3.34. The van der Waals surface area contributed by atoms with Crippen molar-refractivity contribution in [3.8, 4) is 0 Å². The summed E-state index contributed by atoms with van der Waals surface area (Å²) in [5.41, 5.74) is 5.22. The van der Waals surface area contributed by atoms with E-state index in [-0.39, 0.29) is 25.4 Å². The number of nitrogens with one attached hydrogen (secondary N) is 2. The van der Waals surface area contributed by atoms with Crippen molar-refractivity contribution < 1.29 is 22.4 Å². The molecule has 2 amide bonds. The van der Waals surface area contributed by atoms with Crippen molar-refractivity contribution in [1.29, 1.82) is 0 Å². The molecule has 2 heterocycles. The highest BCUT2D eigenvalue weighted by Crippen LogP contribution is 2.35. The van der Waals surface area contributed by atoms with Crippen molar-refractivity contribution in [2.75, 3.05) is 5.32 Å². The molecule has 0 fully saturated rings. The van der Waals surface area contributed by atoms with Crippen LogP contribution in [0.15, 0.2) is 51.7 Å². The summed E-state index contributed by atoms with van der Waals surface area (Å²) in [4.78, 5) is 23.4. The van der Waals surface area contributed by atoms with Crippen LogP contribution in [0.1, 0.15) is 20.8 Å². The number of benzene rings is 1. The zero-order chi connectivity index (χ0) is 18.9. The maximum atomic E-state index is 13.4. The van der Waals surface area contributed by atoms with Crippen molar-refractivity contribution in [3.05, 3.63) is 59.7 Å². The maximum absolute atomic E-state index is 13.4. The molecule has 0 aliphatic carbocycles. The molecule has 0 spiro atoms. The number of amides is 2. The van der Waals surface area contributed by atoms with Gasteiger partial charge in [0, 0.05) is 6.20 Å². The van der Waals surface area contributed by atoms with E-state index in [0.717, 1.165) is 18.2 Å². The number of sulfone groups is 1. The molecule has 1 aromatic carbocycles.